The van der Waals surface area contributed by atoms with E-state index in [0.29, 0.717) is 27.8 Å². The lowest BCUT2D eigenvalue weighted by molar-refractivity contribution is -0.143. The molecule has 4 aromatic heterocycles. The summed E-state index contributed by atoms with van der Waals surface area (Å²) < 4.78 is 49.6. The van der Waals surface area contributed by atoms with Crippen molar-refractivity contribution in [2.45, 2.75) is 25.1 Å². The topological polar surface area (TPSA) is 113 Å². The van der Waals surface area contributed by atoms with Crippen molar-refractivity contribution in [2.75, 3.05) is 11.9 Å². The quantitative estimate of drug-likeness (QED) is 0.319. The molecule has 5 heterocycles. The van der Waals surface area contributed by atoms with E-state index < -0.39 is 23.3 Å². The van der Waals surface area contributed by atoms with Gasteiger partial charge in [0, 0.05) is 17.4 Å². The van der Waals surface area contributed by atoms with Gasteiger partial charge in [-0.25, -0.2) is 9.67 Å². The van der Waals surface area contributed by atoms with Gasteiger partial charge in [-0.15, -0.1) is 4.80 Å². The van der Waals surface area contributed by atoms with Crippen LogP contribution in [-0.2, 0) is 10.9 Å². The van der Waals surface area contributed by atoms with Crippen molar-refractivity contribution < 1.29 is 22.7 Å². The van der Waals surface area contributed by atoms with Crippen molar-refractivity contribution in [3.8, 4) is 11.5 Å². The largest absolute Gasteiger partial charge is 0.434 e. The third-order valence-corrected chi connectivity index (χ3v) is 6.52. The van der Waals surface area contributed by atoms with Gasteiger partial charge in [0.25, 0.3) is 5.91 Å². The Kier molecular flexibility index (Phi) is 6.23. The van der Waals surface area contributed by atoms with Crippen molar-refractivity contribution >= 4 is 34.0 Å². The highest BCUT2D eigenvalue weighted by atomic mass is 35.5. The Hall–Kier alpha value is -4.36. The molecule has 14 heteroatoms. The number of aromatic nitrogens is 7. The average Bonchev–Trinajstić information content (AvgIpc) is 3.70. The number of pyridine rings is 2. The number of anilines is 1. The van der Waals surface area contributed by atoms with Crippen molar-refractivity contribution in [3.05, 3.63) is 83.3 Å². The van der Waals surface area contributed by atoms with E-state index >= 15 is 0 Å². The van der Waals surface area contributed by atoms with E-state index in [9.17, 15) is 18.0 Å². The van der Waals surface area contributed by atoms with Crippen LogP contribution in [0.4, 0.5) is 18.9 Å². The number of alkyl halides is 3. The summed E-state index contributed by atoms with van der Waals surface area (Å²) in [4.78, 5) is 22.8. The molecule has 0 unspecified atom stereocenters. The highest BCUT2D eigenvalue weighted by Gasteiger charge is 2.41. The molecule has 1 fully saturated rings. The van der Waals surface area contributed by atoms with Crippen LogP contribution in [0.1, 0.15) is 40.7 Å². The van der Waals surface area contributed by atoms with Gasteiger partial charge in [0.05, 0.1) is 58.6 Å². The fourth-order valence-electron chi connectivity index (χ4n) is 4.56. The highest BCUT2D eigenvalue weighted by Crippen LogP contribution is 2.38. The maximum absolute atomic E-state index is 14.4. The SMILES string of the molecule is O=C(Nc1cnc(-n2nccn2)c(Cl)c1)c1cnn(-c2cnc([C@H]3CCCO3)c3ccccc23)c1C(F)(F)F. The molecule has 1 aliphatic heterocycles. The fourth-order valence-corrected chi connectivity index (χ4v) is 4.80. The molecule has 0 radical (unpaired) electrons. The number of amides is 1. The molecule has 39 heavy (non-hydrogen) atoms. The first-order valence-corrected chi connectivity index (χ1v) is 12.2. The van der Waals surface area contributed by atoms with Gasteiger partial charge in [0.1, 0.15) is 6.10 Å². The summed E-state index contributed by atoms with van der Waals surface area (Å²) in [5.74, 6) is -0.848. The summed E-state index contributed by atoms with van der Waals surface area (Å²) in [6.45, 7) is 0.599. The molecule has 5 aromatic rings. The molecule has 1 atom stereocenters. The zero-order chi connectivity index (χ0) is 27.1. The lowest BCUT2D eigenvalue weighted by Crippen LogP contribution is -2.21. The Bertz CT molecular complexity index is 1680. The Morgan fingerprint density at radius 2 is 1.82 bits per heavy atom. The molecule has 10 nitrogen and oxygen atoms in total. The zero-order valence-electron chi connectivity index (χ0n) is 19.9. The number of hydrogen-bond acceptors (Lipinski definition) is 7. The maximum Gasteiger partial charge on any atom is 0.434 e. The predicted molar refractivity (Wildman–Crippen MR) is 134 cm³/mol. The van der Waals surface area contributed by atoms with Crippen molar-refractivity contribution in [3.63, 3.8) is 0 Å². The Labute approximate surface area is 223 Å². The molecule has 0 saturated carbocycles. The van der Waals surface area contributed by atoms with Crippen molar-refractivity contribution in [1.29, 1.82) is 0 Å². The first-order chi connectivity index (χ1) is 18.8. The van der Waals surface area contributed by atoms with Crippen LogP contribution < -0.4 is 5.32 Å². The smallest absolute Gasteiger partial charge is 0.372 e. The molecule has 1 saturated heterocycles. The van der Waals surface area contributed by atoms with Gasteiger partial charge in [-0.05, 0) is 18.9 Å². The molecule has 1 amide bonds. The first kappa shape index (κ1) is 24.9. The second-order valence-electron chi connectivity index (χ2n) is 8.69. The lowest BCUT2D eigenvalue weighted by Gasteiger charge is -2.17. The number of carbonyl (C=O) groups excluding carboxylic acids is 1. The molecule has 1 aliphatic rings. The molecule has 6 rings (SSSR count). The van der Waals surface area contributed by atoms with E-state index in [4.69, 9.17) is 16.3 Å². The van der Waals surface area contributed by atoms with Crippen LogP contribution in [0, 0.1) is 0 Å². The summed E-state index contributed by atoms with van der Waals surface area (Å²) in [5.41, 5.74) is -1.10. The van der Waals surface area contributed by atoms with Crippen LogP contribution in [0.3, 0.4) is 0 Å². The van der Waals surface area contributed by atoms with Gasteiger partial charge < -0.3 is 10.1 Å². The number of hydrogen-bond donors (Lipinski definition) is 1. The number of rotatable bonds is 5. The number of fused-ring (bicyclic) bond motifs is 1. The Balaban J connectivity index is 1.38. The molecule has 0 aliphatic carbocycles. The number of halogens is 4. The average molecular weight is 555 g/mol. The van der Waals surface area contributed by atoms with E-state index in [2.05, 4.69) is 30.6 Å². The minimum Gasteiger partial charge on any atom is -0.372 e. The van der Waals surface area contributed by atoms with Gasteiger partial charge in [-0.1, -0.05) is 35.9 Å². The minimum atomic E-state index is -4.91. The summed E-state index contributed by atoms with van der Waals surface area (Å²) in [6.07, 6.45) is 2.80. The Morgan fingerprint density at radius 3 is 2.51 bits per heavy atom. The molecular formula is C25H18ClF3N8O2. The van der Waals surface area contributed by atoms with Gasteiger partial charge in [0.2, 0.25) is 0 Å². The van der Waals surface area contributed by atoms with E-state index in [-0.39, 0.29) is 28.3 Å². The maximum atomic E-state index is 14.4. The molecule has 1 aromatic carbocycles. The molecule has 0 spiro atoms. The van der Waals surface area contributed by atoms with Crippen LogP contribution in [0.5, 0.6) is 0 Å². The normalized spacial score (nSPS) is 15.6. The summed E-state index contributed by atoms with van der Waals surface area (Å²) in [7, 11) is 0. The van der Waals surface area contributed by atoms with Gasteiger partial charge in [0.15, 0.2) is 11.5 Å². The standard InChI is InChI=1S/C25H18ClF3N8O2/c26-18-10-14(11-31-23(18)37-32-7-8-33-37)35-24(38)17-12-34-36(22(17)25(27,28)29)19-13-30-21(20-6-3-9-39-20)16-5-2-1-4-15(16)19/h1-2,4-5,7-8,10-13,20H,3,6,9H2,(H,35,38)/t20-/m1/s1. The lowest BCUT2D eigenvalue weighted by atomic mass is 10.0. The predicted octanol–water partition coefficient (Wildman–Crippen LogP) is 5.17. The number of nitrogens with zero attached hydrogens (tertiary/aromatic N) is 7. The van der Waals surface area contributed by atoms with E-state index in [0.717, 1.165) is 19.0 Å². The molecule has 1 N–H and O–H groups in total. The number of benzene rings is 1. The number of nitrogens with one attached hydrogen (secondary N) is 1. The summed E-state index contributed by atoms with van der Waals surface area (Å²) in [6, 6.07) is 8.31. The fraction of sp³-hybridized carbons (Fsp3) is 0.200. The molecule has 0 bridgehead atoms. The second kappa shape index (κ2) is 9.75. The van der Waals surface area contributed by atoms with E-state index in [1.807, 2.05) is 0 Å². The van der Waals surface area contributed by atoms with Gasteiger partial charge in [-0.3, -0.25) is 9.78 Å². The van der Waals surface area contributed by atoms with Crippen LogP contribution in [0.25, 0.3) is 22.3 Å². The first-order valence-electron chi connectivity index (χ1n) is 11.8. The van der Waals surface area contributed by atoms with Gasteiger partial charge >= 0.3 is 6.18 Å². The highest BCUT2D eigenvalue weighted by molar-refractivity contribution is 6.32. The third kappa shape index (κ3) is 4.59. The number of carbonyl (C=O) groups is 1. The number of ether oxygens (including phenoxy) is 1. The van der Waals surface area contributed by atoms with Crippen molar-refractivity contribution in [2.24, 2.45) is 0 Å². The molecule has 198 valence electrons. The van der Waals surface area contributed by atoms with Crippen molar-refractivity contribution in [1.82, 2.24) is 34.7 Å². The summed E-state index contributed by atoms with van der Waals surface area (Å²) in [5, 5.41) is 15.5. The molecular weight excluding hydrogens is 537 g/mol. The zero-order valence-corrected chi connectivity index (χ0v) is 20.7. The third-order valence-electron chi connectivity index (χ3n) is 6.24. The Morgan fingerprint density at radius 1 is 1.05 bits per heavy atom. The van der Waals surface area contributed by atoms with Crippen LogP contribution in [-0.4, -0.2) is 47.3 Å². The minimum absolute atomic E-state index is 0.0785. The van der Waals surface area contributed by atoms with E-state index in [1.54, 1.807) is 24.3 Å². The monoisotopic (exact) mass is 554 g/mol. The van der Waals surface area contributed by atoms with E-state index in [1.165, 1.54) is 35.7 Å². The van der Waals surface area contributed by atoms with Crippen LogP contribution >= 0.6 is 11.6 Å². The van der Waals surface area contributed by atoms with Crippen LogP contribution in [0.15, 0.2) is 61.3 Å². The summed E-state index contributed by atoms with van der Waals surface area (Å²) >= 11 is 6.23. The second-order valence-corrected chi connectivity index (χ2v) is 9.10. The van der Waals surface area contributed by atoms with Gasteiger partial charge in [-0.2, -0.15) is 28.5 Å². The van der Waals surface area contributed by atoms with Crippen LogP contribution in [0.2, 0.25) is 5.02 Å².